The molecule has 0 spiro atoms. The molecular weight excluding hydrogens is 1030 g/mol. The Morgan fingerprint density at radius 3 is 1.68 bits per heavy atom. The maximum Gasteiger partial charge on any atom is 0.328 e. The maximum absolute atomic E-state index is 14.6. The van der Waals surface area contributed by atoms with Crippen LogP contribution in [0.15, 0.2) is 90.1 Å². The second-order valence-electron chi connectivity index (χ2n) is 20.7. The van der Waals surface area contributed by atoms with E-state index in [4.69, 9.17) is 17.2 Å². The van der Waals surface area contributed by atoms with E-state index in [1.54, 1.807) is 74.6 Å². The van der Waals surface area contributed by atoms with E-state index in [9.17, 15) is 58.8 Å². The molecule has 434 valence electrons. The molecule has 0 saturated heterocycles. The van der Waals surface area contributed by atoms with Crippen LogP contribution in [0.2, 0.25) is 0 Å². The number of aromatic nitrogens is 1. The SMILES string of the molecule is CC(C)C[C@H](NC(=O)[C@H](Cc1ccc(O)cc1)NC(=O)[C@@H](CCCN=C(N)N)NC(=O)[C@@H](CO)NC(=O)[C@H](Cc1ccccc1)NC(=O)[C@@H](N)CC1CCCCC1)C(=O)N[C@@H](Cc1c[nH]c2ccccc12)C(=O)N[C@@H](CO)C(=O)O. The summed E-state index contributed by atoms with van der Waals surface area (Å²) in [6.45, 7) is 1.68. The molecule has 7 amide bonds. The molecule has 0 aliphatic heterocycles. The number of phenols is 1. The van der Waals surface area contributed by atoms with Crippen molar-refractivity contribution in [3.8, 4) is 5.75 Å². The smallest absolute Gasteiger partial charge is 0.328 e. The predicted molar refractivity (Wildman–Crippen MR) is 298 cm³/mol. The number of para-hydroxylation sites is 1. The lowest BCUT2D eigenvalue weighted by Gasteiger charge is -2.28. The summed E-state index contributed by atoms with van der Waals surface area (Å²) in [5.41, 5.74) is 19.9. The fourth-order valence-corrected chi connectivity index (χ4v) is 9.52. The lowest BCUT2D eigenvalue weighted by atomic mass is 9.85. The molecule has 24 heteroatoms. The summed E-state index contributed by atoms with van der Waals surface area (Å²) in [7, 11) is 0. The van der Waals surface area contributed by atoms with Gasteiger partial charge in [0.05, 0.1) is 19.3 Å². The first-order valence-corrected chi connectivity index (χ1v) is 27.0. The number of nitrogens with two attached hydrogens (primary N) is 3. The number of benzene rings is 3. The van der Waals surface area contributed by atoms with Gasteiger partial charge in [0, 0.05) is 42.9 Å². The number of aliphatic hydroxyl groups is 2. The third-order valence-electron chi connectivity index (χ3n) is 13.8. The summed E-state index contributed by atoms with van der Waals surface area (Å²) in [5.74, 6) is -7.78. The molecule has 5 rings (SSSR count). The quantitative estimate of drug-likeness (QED) is 0.0176. The molecule has 4 aromatic rings. The molecule has 0 unspecified atom stereocenters. The minimum atomic E-state index is -1.70. The van der Waals surface area contributed by atoms with E-state index < -0.39 is 109 Å². The van der Waals surface area contributed by atoms with E-state index >= 15 is 0 Å². The summed E-state index contributed by atoms with van der Waals surface area (Å²) in [4.78, 5) is 118. The number of carboxylic acids is 1. The Morgan fingerprint density at radius 2 is 1.09 bits per heavy atom. The van der Waals surface area contributed by atoms with E-state index in [1.165, 1.54) is 24.3 Å². The summed E-state index contributed by atoms with van der Waals surface area (Å²) >= 11 is 0. The number of amides is 7. The van der Waals surface area contributed by atoms with Gasteiger partial charge >= 0.3 is 5.97 Å². The fourth-order valence-electron chi connectivity index (χ4n) is 9.52. The van der Waals surface area contributed by atoms with E-state index in [0.717, 1.165) is 43.0 Å². The standard InChI is InChI=1S/C56H78N12O12/c1-32(2)24-42(50(74)66-45(53(77)68-47(31-70)55(79)80)28-36-29-61-40-17-10-9-16-38(36)40)64-51(75)44(27-35-19-21-37(71)22-20-35)65-49(73)41(18-11-23-60-56(58)59)62-54(78)46(30-69)67-52(76)43(26-34-14-7-4-8-15-34)63-48(72)39(57)25-33-12-5-3-6-13-33/h4,7-10,14-17,19-22,29,32-33,39,41-47,61,69-71H,3,5-6,11-13,18,23-28,30-31,57H2,1-2H3,(H,62,78)(H,63,72)(H,64,75)(H,65,73)(H,66,74)(H,67,76)(H,68,77)(H,79,80)(H4,58,59,60)/t39-,41+,42-,43-,44-,45-,46+,47-/m0/s1. The van der Waals surface area contributed by atoms with Crippen molar-refractivity contribution in [3.05, 3.63) is 102 Å². The highest BCUT2D eigenvalue weighted by atomic mass is 16.4. The van der Waals surface area contributed by atoms with Gasteiger partial charge in [0.15, 0.2) is 5.96 Å². The van der Waals surface area contributed by atoms with Crippen molar-refractivity contribution in [1.29, 1.82) is 0 Å². The van der Waals surface area contributed by atoms with Gasteiger partial charge in [-0.15, -0.1) is 0 Å². The third-order valence-corrected chi connectivity index (χ3v) is 13.8. The molecule has 1 heterocycles. The van der Waals surface area contributed by atoms with Crippen LogP contribution in [0.3, 0.4) is 0 Å². The Morgan fingerprint density at radius 1 is 0.600 bits per heavy atom. The molecule has 8 atom stereocenters. The zero-order valence-corrected chi connectivity index (χ0v) is 45.2. The maximum atomic E-state index is 14.6. The first kappa shape index (κ1) is 62.7. The summed E-state index contributed by atoms with van der Waals surface area (Å²) in [6.07, 6.45) is 6.79. The Labute approximate surface area is 464 Å². The van der Waals surface area contributed by atoms with Crippen LogP contribution in [0.1, 0.15) is 88.3 Å². The number of H-pyrrole nitrogens is 1. The average molecular weight is 1110 g/mol. The number of carbonyl (C=O) groups excluding carboxylic acids is 7. The van der Waals surface area contributed by atoms with Gasteiger partial charge in [-0.2, -0.15) is 0 Å². The number of aromatic hydroxyl groups is 1. The average Bonchev–Trinajstić information content (AvgIpc) is 3.88. The van der Waals surface area contributed by atoms with Crippen molar-refractivity contribution in [1.82, 2.24) is 42.2 Å². The van der Waals surface area contributed by atoms with Gasteiger partial charge in [-0.1, -0.05) is 107 Å². The van der Waals surface area contributed by atoms with Crippen molar-refractivity contribution in [2.75, 3.05) is 19.8 Å². The number of carboxylic acid groups (broad SMARTS) is 1. The van der Waals surface area contributed by atoms with Crippen molar-refractivity contribution in [2.45, 2.75) is 139 Å². The molecule has 18 N–H and O–H groups in total. The third kappa shape index (κ3) is 20.0. The van der Waals surface area contributed by atoms with Gasteiger partial charge in [-0.25, -0.2) is 4.79 Å². The van der Waals surface area contributed by atoms with Crippen LogP contribution < -0.4 is 54.4 Å². The van der Waals surface area contributed by atoms with E-state index in [-0.39, 0.29) is 68.6 Å². The number of nitrogens with zero attached hydrogens (tertiary/aromatic N) is 1. The number of fused-ring (bicyclic) bond motifs is 1. The van der Waals surface area contributed by atoms with Crippen LogP contribution in [-0.2, 0) is 57.6 Å². The zero-order valence-electron chi connectivity index (χ0n) is 45.2. The molecule has 0 radical (unpaired) electrons. The number of aliphatic carboxylic acids is 1. The first-order chi connectivity index (χ1) is 38.2. The number of hydrogen-bond acceptors (Lipinski definition) is 13. The van der Waals surface area contributed by atoms with E-state index in [1.807, 2.05) is 0 Å². The van der Waals surface area contributed by atoms with Crippen molar-refractivity contribution >= 4 is 64.2 Å². The van der Waals surface area contributed by atoms with Crippen LogP contribution in [0, 0.1) is 11.8 Å². The number of carbonyl (C=O) groups is 8. The Hall–Kier alpha value is -8.09. The van der Waals surface area contributed by atoms with Gasteiger partial charge in [-0.05, 0) is 72.4 Å². The second-order valence-corrected chi connectivity index (χ2v) is 20.7. The number of aliphatic imine (C=N–C) groups is 1. The number of aromatic amines is 1. The lowest BCUT2D eigenvalue weighted by molar-refractivity contribution is -0.143. The zero-order chi connectivity index (χ0) is 58.3. The van der Waals surface area contributed by atoms with Gasteiger partial charge in [0.2, 0.25) is 41.4 Å². The van der Waals surface area contributed by atoms with E-state index in [0.29, 0.717) is 23.1 Å². The van der Waals surface area contributed by atoms with Crippen LogP contribution in [0.4, 0.5) is 0 Å². The lowest BCUT2D eigenvalue weighted by Crippen LogP contribution is -2.61. The number of nitrogens with one attached hydrogen (secondary N) is 8. The molecule has 3 aromatic carbocycles. The van der Waals surface area contributed by atoms with Crippen molar-refractivity contribution < 1.29 is 58.8 Å². The van der Waals surface area contributed by atoms with E-state index in [2.05, 4.69) is 47.2 Å². The highest BCUT2D eigenvalue weighted by Crippen LogP contribution is 2.27. The molecular formula is C56H78N12O12. The molecule has 0 bridgehead atoms. The van der Waals surface area contributed by atoms with Crippen molar-refractivity contribution in [3.63, 3.8) is 0 Å². The summed E-state index contributed by atoms with van der Waals surface area (Å²) in [5, 5.41) is 58.8. The van der Waals surface area contributed by atoms with Crippen LogP contribution in [0.5, 0.6) is 5.75 Å². The minimum Gasteiger partial charge on any atom is -0.508 e. The second kappa shape index (κ2) is 31.5. The number of phenolic OH excluding ortho intramolecular Hbond substituents is 1. The number of aliphatic hydroxyl groups excluding tert-OH is 2. The highest BCUT2D eigenvalue weighted by Gasteiger charge is 2.35. The predicted octanol–water partition coefficient (Wildman–Crippen LogP) is -0.238. The Balaban J connectivity index is 1.38. The van der Waals surface area contributed by atoms with Gasteiger partial charge in [-0.3, -0.25) is 38.6 Å². The van der Waals surface area contributed by atoms with Crippen LogP contribution >= 0.6 is 0 Å². The molecule has 1 aliphatic carbocycles. The summed E-state index contributed by atoms with van der Waals surface area (Å²) < 4.78 is 0. The van der Waals surface area contributed by atoms with Crippen LogP contribution in [-0.4, -0.2) is 147 Å². The Kier molecular flexibility index (Phi) is 24.7. The van der Waals surface area contributed by atoms with Crippen LogP contribution in [0.25, 0.3) is 10.9 Å². The van der Waals surface area contributed by atoms with Gasteiger partial charge < -0.3 is 79.8 Å². The molecule has 1 fully saturated rings. The van der Waals surface area contributed by atoms with Gasteiger partial charge in [0.1, 0.15) is 48.0 Å². The van der Waals surface area contributed by atoms with Crippen molar-refractivity contribution in [2.24, 2.45) is 34.0 Å². The highest BCUT2D eigenvalue weighted by molar-refractivity contribution is 5.98. The molecule has 80 heavy (non-hydrogen) atoms. The fraction of sp³-hybridized carbons (Fsp3) is 0.482. The monoisotopic (exact) mass is 1110 g/mol. The Bertz CT molecular complexity index is 2730. The van der Waals surface area contributed by atoms with Gasteiger partial charge in [0.25, 0.3) is 0 Å². The number of guanidine groups is 1. The molecule has 1 aromatic heterocycles. The summed E-state index contributed by atoms with van der Waals surface area (Å²) in [6, 6.07) is 10.5. The number of rotatable bonds is 31. The topological polar surface area (TPSA) is 408 Å². The molecule has 1 saturated carbocycles. The number of hydrogen-bond donors (Lipinski definition) is 15. The minimum absolute atomic E-state index is 0.00556. The molecule has 24 nitrogen and oxygen atoms in total. The largest absolute Gasteiger partial charge is 0.508 e. The molecule has 1 aliphatic rings. The normalized spacial score (nSPS) is 15.6. The first-order valence-electron chi connectivity index (χ1n) is 27.0.